The topological polar surface area (TPSA) is 101 Å². The number of aliphatic carboxylic acids is 1. The van der Waals surface area contributed by atoms with Gasteiger partial charge in [-0.25, -0.2) is 4.79 Å². The Morgan fingerprint density at radius 3 is 2.31 bits per heavy atom. The lowest BCUT2D eigenvalue weighted by Gasteiger charge is -2.44. The van der Waals surface area contributed by atoms with E-state index in [0.717, 1.165) is 4.57 Å². The summed E-state index contributed by atoms with van der Waals surface area (Å²) in [5.41, 5.74) is -5.17. The smallest absolute Gasteiger partial charge is 0.417 e. The van der Waals surface area contributed by atoms with Gasteiger partial charge in [-0.05, 0) is 47.4 Å². The number of hydrogen-bond acceptors (Lipinski definition) is 5. The molecule has 49 heavy (non-hydrogen) atoms. The Balaban J connectivity index is 1.38. The fourth-order valence-corrected chi connectivity index (χ4v) is 7.13. The summed E-state index contributed by atoms with van der Waals surface area (Å²) < 4.78 is 94.2. The minimum atomic E-state index is -4.97. The standard InChI is InChI=1S/C35H33F6N3O5/c1-43-27-12-3-2-8-25(27)29(34(36,37)38)28(30(43)45)24-11-5-9-22-21(7-4-10-23(22)24)15-26(31(46)47)42-32(48)33(35(39,40)41)13-6-14-44(19-33)16-20-17-49-18-20/h2-5,7-12,20,26H,6,13-19H2,1H3,(H,42,48)(H,46,47)/t26-,33?/m0/s1. The first-order valence-electron chi connectivity index (χ1n) is 15.7. The van der Waals surface area contributed by atoms with Crippen LogP contribution in [0.25, 0.3) is 32.8 Å². The number of aryl methyl sites for hydroxylation is 1. The summed E-state index contributed by atoms with van der Waals surface area (Å²) in [6.07, 6.45) is -10.8. The minimum absolute atomic E-state index is 0.0517. The number of para-hydroxylation sites is 1. The van der Waals surface area contributed by atoms with Gasteiger partial charge in [0.15, 0.2) is 5.41 Å². The van der Waals surface area contributed by atoms with Crippen molar-refractivity contribution in [3.05, 3.63) is 82.1 Å². The van der Waals surface area contributed by atoms with Crippen molar-refractivity contribution in [3.8, 4) is 11.1 Å². The lowest BCUT2D eigenvalue weighted by atomic mass is 9.77. The van der Waals surface area contributed by atoms with Crippen molar-refractivity contribution in [1.29, 1.82) is 0 Å². The first-order chi connectivity index (χ1) is 23.1. The van der Waals surface area contributed by atoms with Crippen LogP contribution in [-0.4, -0.2) is 71.5 Å². The fourth-order valence-electron chi connectivity index (χ4n) is 7.13. The molecular formula is C35H33F6N3O5. The van der Waals surface area contributed by atoms with E-state index in [2.05, 4.69) is 5.32 Å². The van der Waals surface area contributed by atoms with Crippen LogP contribution in [0.4, 0.5) is 26.3 Å². The Bertz CT molecular complexity index is 1990. The zero-order chi connectivity index (χ0) is 35.3. The van der Waals surface area contributed by atoms with Crippen LogP contribution < -0.4 is 10.9 Å². The molecule has 0 radical (unpaired) electrons. The molecule has 2 N–H and O–H groups in total. The van der Waals surface area contributed by atoms with Crippen LogP contribution in [-0.2, 0) is 34.0 Å². The average molecular weight is 690 g/mol. The van der Waals surface area contributed by atoms with Crippen molar-refractivity contribution in [1.82, 2.24) is 14.8 Å². The number of fused-ring (bicyclic) bond motifs is 2. The molecule has 2 atom stereocenters. The number of benzene rings is 3. The first-order valence-corrected chi connectivity index (χ1v) is 15.7. The highest BCUT2D eigenvalue weighted by Gasteiger charge is 2.62. The zero-order valence-electron chi connectivity index (χ0n) is 26.3. The van der Waals surface area contributed by atoms with Crippen LogP contribution in [0.3, 0.4) is 0 Å². The third kappa shape index (κ3) is 6.27. The van der Waals surface area contributed by atoms with Gasteiger partial charge in [-0.3, -0.25) is 9.59 Å². The maximum absolute atomic E-state index is 14.7. The quantitative estimate of drug-likeness (QED) is 0.228. The van der Waals surface area contributed by atoms with Gasteiger partial charge in [0.25, 0.3) is 5.56 Å². The molecule has 0 spiro atoms. The Hall–Kier alpha value is -4.43. The summed E-state index contributed by atoms with van der Waals surface area (Å²) in [5.74, 6) is -2.98. The highest BCUT2D eigenvalue weighted by molar-refractivity contribution is 6.02. The molecular weight excluding hydrogens is 656 g/mol. The van der Waals surface area contributed by atoms with Crippen molar-refractivity contribution >= 4 is 33.6 Å². The molecule has 4 aromatic rings. The Morgan fingerprint density at radius 2 is 1.65 bits per heavy atom. The van der Waals surface area contributed by atoms with E-state index in [1.807, 2.05) is 0 Å². The van der Waals surface area contributed by atoms with E-state index in [-0.39, 0.29) is 45.1 Å². The molecule has 2 fully saturated rings. The van der Waals surface area contributed by atoms with Crippen molar-refractivity contribution in [3.63, 3.8) is 0 Å². The second-order valence-corrected chi connectivity index (χ2v) is 12.8. The molecule has 3 heterocycles. The molecule has 2 aliphatic rings. The maximum atomic E-state index is 14.7. The molecule has 2 aliphatic heterocycles. The number of amides is 1. The second-order valence-electron chi connectivity index (χ2n) is 12.8. The van der Waals surface area contributed by atoms with E-state index in [0.29, 0.717) is 26.3 Å². The van der Waals surface area contributed by atoms with Gasteiger partial charge in [0.1, 0.15) is 6.04 Å². The summed E-state index contributed by atoms with van der Waals surface area (Å²) in [7, 11) is 1.37. The summed E-state index contributed by atoms with van der Waals surface area (Å²) >= 11 is 0. The Labute approximate surface area is 276 Å². The number of nitrogens with one attached hydrogen (secondary N) is 1. The Morgan fingerprint density at radius 1 is 0.980 bits per heavy atom. The van der Waals surface area contributed by atoms with Gasteiger partial charge >= 0.3 is 18.3 Å². The number of carbonyl (C=O) groups is 2. The van der Waals surface area contributed by atoms with Crippen molar-refractivity contribution in [2.75, 3.05) is 32.8 Å². The summed E-state index contributed by atoms with van der Waals surface area (Å²) in [5, 5.41) is 12.5. The molecule has 2 saturated heterocycles. The fraction of sp³-hybridized carbons (Fsp3) is 0.400. The van der Waals surface area contributed by atoms with Gasteiger partial charge in [0.2, 0.25) is 5.91 Å². The number of nitrogens with zero attached hydrogens (tertiary/aromatic N) is 2. The molecule has 0 bridgehead atoms. The third-order valence-electron chi connectivity index (χ3n) is 9.67. The summed E-state index contributed by atoms with van der Waals surface area (Å²) in [4.78, 5) is 41.1. The highest BCUT2D eigenvalue weighted by atomic mass is 19.4. The minimum Gasteiger partial charge on any atom is -0.480 e. The largest absolute Gasteiger partial charge is 0.480 e. The third-order valence-corrected chi connectivity index (χ3v) is 9.67. The molecule has 1 aromatic heterocycles. The zero-order valence-corrected chi connectivity index (χ0v) is 26.3. The number of carbonyl (C=O) groups excluding carboxylic acids is 1. The number of rotatable bonds is 8. The number of alkyl halides is 6. The van der Waals surface area contributed by atoms with Gasteiger partial charge in [0.05, 0.1) is 29.9 Å². The van der Waals surface area contributed by atoms with E-state index >= 15 is 0 Å². The van der Waals surface area contributed by atoms with Gasteiger partial charge in [0, 0.05) is 37.9 Å². The van der Waals surface area contributed by atoms with Crippen molar-refractivity contribution < 1.29 is 45.8 Å². The predicted octanol–water partition coefficient (Wildman–Crippen LogP) is 5.78. The van der Waals surface area contributed by atoms with Crippen molar-refractivity contribution in [2.24, 2.45) is 18.4 Å². The van der Waals surface area contributed by atoms with E-state index in [1.54, 1.807) is 4.90 Å². The molecule has 0 saturated carbocycles. The molecule has 3 aromatic carbocycles. The van der Waals surface area contributed by atoms with E-state index in [4.69, 9.17) is 4.74 Å². The monoisotopic (exact) mass is 689 g/mol. The van der Waals surface area contributed by atoms with Crippen LogP contribution in [0.1, 0.15) is 24.0 Å². The maximum Gasteiger partial charge on any atom is 0.417 e. The molecule has 0 aliphatic carbocycles. The lowest BCUT2D eigenvalue weighted by molar-refractivity contribution is -0.236. The molecule has 6 rings (SSSR count). The average Bonchev–Trinajstić information content (AvgIpc) is 3.03. The van der Waals surface area contributed by atoms with E-state index < -0.39 is 71.8 Å². The molecule has 1 unspecified atom stereocenters. The number of piperidine rings is 1. The lowest BCUT2D eigenvalue weighted by Crippen LogP contribution is -2.62. The summed E-state index contributed by atoms with van der Waals surface area (Å²) in [6.45, 7) is 0.900. The molecule has 260 valence electrons. The number of carboxylic acids is 1. The van der Waals surface area contributed by atoms with E-state index in [9.17, 15) is 45.8 Å². The van der Waals surface area contributed by atoms with Crippen LogP contribution in [0.15, 0.2) is 65.5 Å². The molecule has 1 amide bonds. The number of carboxylic acid groups (broad SMARTS) is 1. The van der Waals surface area contributed by atoms with Crippen LogP contribution in [0, 0.1) is 11.3 Å². The number of ether oxygens (including phenoxy) is 1. The first kappa shape index (κ1) is 34.4. The van der Waals surface area contributed by atoms with Crippen molar-refractivity contribution in [2.45, 2.75) is 37.7 Å². The molecule has 8 nitrogen and oxygen atoms in total. The van der Waals surface area contributed by atoms with Crippen LogP contribution in [0.5, 0.6) is 0 Å². The predicted molar refractivity (Wildman–Crippen MR) is 169 cm³/mol. The number of hydrogen-bond donors (Lipinski definition) is 2. The summed E-state index contributed by atoms with van der Waals surface area (Å²) in [6, 6.07) is 12.6. The Kier molecular flexibility index (Phi) is 8.99. The van der Waals surface area contributed by atoms with Crippen LogP contribution >= 0.6 is 0 Å². The van der Waals surface area contributed by atoms with Gasteiger partial charge in [-0.15, -0.1) is 0 Å². The van der Waals surface area contributed by atoms with E-state index in [1.165, 1.54) is 67.7 Å². The van der Waals surface area contributed by atoms with Gasteiger partial charge < -0.3 is 24.6 Å². The number of pyridine rings is 1. The number of aromatic nitrogens is 1. The number of likely N-dealkylation sites (tertiary alicyclic amines) is 1. The second kappa shape index (κ2) is 12.8. The SMILES string of the molecule is Cn1c(=O)c(-c2cccc3c(C[C@H](NC(=O)C4(C(F)(F)F)CCCN(CC5COC5)C4)C(=O)O)cccc23)c(C(F)(F)F)c2ccccc21. The number of halogens is 6. The normalized spacial score (nSPS) is 19.9. The van der Waals surface area contributed by atoms with Gasteiger partial charge in [-0.2, -0.15) is 26.3 Å². The highest BCUT2D eigenvalue weighted by Crippen LogP contribution is 2.46. The molecule has 14 heteroatoms. The van der Waals surface area contributed by atoms with Gasteiger partial charge in [-0.1, -0.05) is 54.6 Å². The van der Waals surface area contributed by atoms with Crippen LogP contribution in [0.2, 0.25) is 0 Å².